The minimum absolute atomic E-state index is 0.170. The third kappa shape index (κ3) is 3.29. The number of aromatic nitrogens is 2. The molecule has 4 heteroatoms. The zero-order valence-corrected chi connectivity index (χ0v) is 16.5. The Labute approximate surface area is 174 Å². The van der Waals surface area contributed by atoms with Gasteiger partial charge in [-0.2, -0.15) is 0 Å². The van der Waals surface area contributed by atoms with Gasteiger partial charge >= 0.3 is 0 Å². The Hall–Kier alpha value is -4.05. The van der Waals surface area contributed by atoms with E-state index in [1.165, 1.54) is 0 Å². The van der Waals surface area contributed by atoms with Gasteiger partial charge in [-0.3, -0.25) is 14.8 Å². The van der Waals surface area contributed by atoms with E-state index in [2.05, 4.69) is 40.4 Å². The van der Waals surface area contributed by atoms with Crippen LogP contribution in [0.3, 0.4) is 0 Å². The number of fused-ring (bicyclic) bond motifs is 2. The fraction of sp³-hybridized carbons (Fsp3) is 0.0385. The average molecular weight is 389 g/mol. The van der Waals surface area contributed by atoms with Crippen LogP contribution >= 0.6 is 0 Å². The number of nitrogens with zero attached hydrogens (tertiary/aromatic N) is 2. The van der Waals surface area contributed by atoms with Crippen molar-refractivity contribution in [2.45, 2.75) is 6.92 Å². The molecular weight excluding hydrogens is 370 g/mol. The van der Waals surface area contributed by atoms with E-state index in [9.17, 15) is 4.79 Å². The molecule has 0 unspecified atom stereocenters. The molecule has 1 N–H and O–H groups in total. The molecule has 3 aromatic carbocycles. The van der Waals surface area contributed by atoms with Gasteiger partial charge in [0, 0.05) is 35.1 Å². The van der Waals surface area contributed by atoms with Crippen molar-refractivity contribution in [2.24, 2.45) is 0 Å². The lowest BCUT2D eigenvalue weighted by Gasteiger charge is -2.12. The first-order valence-corrected chi connectivity index (χ1v) is 9.79. The van der Waals surface area contributed by atoms with Crippen molar-refractivity contribution in [2.75, 3.05) is 5.32 Å². The first-order valence-electron chi connectivity index (χ1n) is 9.79. The standard InChI is InChI=1S/C26H19N3O/c1-17-7-10-22(15-24(17)20-9-8-18-11-13-27-16-21(18)14-20)29-26(30)23-6-2-4-19-5-3-12-28-25(19)23/h2-16H,1H3,(H,29,30). The number of hydrogen-bond donors (Lipinski definition) is 1. The van der Waals surface area contributed by atoms with E-state index >= 15 is 0 Å². The maximum absolute atomic E-state index is 13.0. The lowest BCUT2D eigenvalue weighted by Crippen LogP contribution is -2.13. The number of benzene rings is 3. The van der Waals surface area contributed by atoms with Gasteiger partial charge in [0.1, 0.15) is 0 Å². The molecule has 0 aliphatic carbocycles. The van der Waals surface area contributed by atoms with E-state index in [1.807, 2.05) is 54.7 Å². The topological polar surface area (TPSA) is 54.9 Å². The van der Waals surface area contributed by atoms with Crippen LogP contribution in [0, 0.1) is 6.92 Å². The maximum Gasteiger partial charge on any atom is 0.257 e. The molecule has 0 saturated carbocycles. The number of anilines is 1. The second-order valence-electron chi connectivity index (χ2n) is 7.30. The van der Waals surface area contributed by atoms with Gasteiger partial charge < -0.3 is 5.32 Å². The Morgan fingerprint density at radius 3 is 2.67 bits per heavy atom. The third-order valence-electron chi connectivity index (χ3n) is 5.32. The highest BCUT2D eigenvalue weighted by molar-refractivity contribution is 6.12. The summed E-state index contributed by atoms with van der Waals surface area (Å²) in [4.78, 5) is 21.6. The predicted octanol–water partition coefficient (Wildman–Crippen LogP) is 6.01. The van der Waals surface area contributed by atoms with Gasteiger partial charge in [0.2, 0.25) is 0 Å². The number of nitrogens with one attached hydrogen (secondary N) is 1. The molecular formula is C26H19N3O. The summed E-state index contributed by atoms with van der Waals surface area (Å²) < 4.78 is 0. The second-order valence-corrected chi connectivity index (χ2v) is 7.30. The summed E-state index contributed by atoms with van der Waals surface area (Å²) in [6.07, 6.45) is 5.37. The molecule has 0 spiro atoms. The Morgan fingerprint density at radius 1 is 0.833 bits per heavy atom. The molecule has 5 rings (SSSR count). The molecule has 2 aromatic heterocycles. The SMILES string of the molecule is Cc1ccc(NC(=O)c2cccc3cccnc23)cc1-c1ccc2ccncc2c1. The minimum atomic E-state index is -0.170. The fourth-order valence-electron chi connectivity index (χ4n) is 3.75. The quantitative estimate of drug-likeness (QED) is 0.411. The number of pyridine rings is 2. The number of carbonyl (C=O) groups excluding carboxylic acids is 1. The van der Waals surface area contributed by atoms with E-state index in [4.69, 9.17) is 0 Å². The summed E-state index contributed by atoms with van der Waals surface area (Å²) in [6, 6.07) is 23.8. The lowest BCUT2D eigenvalue weighted by atomic mass is 9.97. The summed E-state index contributed by atoms with van der Waals surface area (Å²) in [5, 5.41) is 6.22. The largest absolute Gasteiger partial charge is 0.322 e. The Balaban J connectivity index is 1.50. The molecule has 0 fully saturated rings. The average Bonchev–Trinajstić information content (AvgIpc) is 2.79. The van der Waals surface area contributed by atoms with Crippen molar-refractivity contribution < 1.29 is 4.79 Å². The number of rotatable bonds is 3. The zero-order chi connectivity index (χ0) is 20.5. The summed E-state index contributed by atoms with van der Waals surface area (Å²) in [5.41, 5.74) is 5.33. The Kier molecular flexibility index (Phi) is 4.45. The van der Waals surface area contributed by atoms with E-state index in [-0.39, 0.29) is 5.91 Å². The molecule has 1 amide bonds. The van der Waals surface area contributed by atoms with Crippen LogP contribution in [0.15, 0.2) is 91.4 Å². The molecule has 144 valence electrons. The van der Waals surface area contributed by atoms with Crippen LogP contribution in [0.25, 0.3) is 32.8 Å². The van der Waals surface area contributed by atoms with Crippen LogP contribution < -0.4 is 5.32 Å². The molecule has 2 heterocycles. The van der Waals surface area contributed by atoms with Crippen molar-refractivity contribution >= 4 is 33.3 Å². The third-order valence-corrected chi connectivity index (χ3v) is 5.32. The maximum atomic E-state index is 13.0. The number of aryl methyl sites for hydroxylation is 1. The molecule has 4 nitrogen and oxygen atoms in total. The summed E-state index contributed by atoms with van der Waals surface area (Å²) in [7, 11) is 0. The van der Waals surface area contributed by atoms with Gasteiger partial charge in [0.15, 0.2) is 0 Å². The molecule has 0 bridgehead atoms. The van der Waals surface area contributed by atoms with Gasteiger partial charge in [-0.25, -0.2) is 0 Å². The van der Waals surface area contributed by atoms with Crippen LogP contribution in [0.5, 0.6) is 0 Å². The second kappa shape index (κ2) is 7.41. The number of amides is 1. The number of carbonyl (C=O) groups is 1. The van der Waals surface area contributed by atoms with Crippen molar-refractivity contribution in [3.8, 4) is 11.1 Å². The van der Waals surface area contributed by atoms with E-state index in [0.29, 0.717) is 11.1 Å². The Bertz CT molecular complexity index is 1400. The molecule has 0 radical (unpaired) electrons. The highest BCUT2D eigenvalue weighted by Crippen LogP contribution is 2.29. The summed E-state index contributed by atoms with van der Waals surface area (Å²) in [5.74, 6) is -0.170. The molecule has 5 aromatic rings. The first kappa shape index (κ1) is 18.0. The molecule has 0 aliphatic heterocycles. The smallest absolute Gasteiger partial charge is 0.257 e. The summed E-state index contributed by atoms with van der Waals surface area (Å²) >= 11 is 0. The van der Waals surface area contributed by atoms with E-state index in [1.54, 1.807) is 18.5 Å². The first-order chi connectivity index (χ1) is 14.7. The predicted molar refractivity (Wildman–Crippen MR) is 122 cm³/mol. The van der Waals surface area contributed by atoms with Crippen molar-refractivity contribution in [3.63, 3.8) is 0 Å². The number of para-hydroxylation sites is 1. The van der Waals surface area contributed by atoms with E-state index in [0.717, 1.165) is 38.5 Å². The van der Waals surface area contributed by atoms with Crippen molar-refractivity contribution in [1.29, 1.82) is 0 Å². The van der Waals surface area contributed by atoms with E-state index < -0.39 is 0 Å². The van der Waals surface area contributed by atoms with Crippen molar-refractivity contribution in [1.82, 2.24) is 9.97 Å². The zero-order valence-electron chi connectivity index (χ0n) is 16.5. The minimum Gasteiger partial charge on any atom is -0.322 e. The summed E-state index contributed by atoms with van der Waals surface area (Å²) in [6.45, 7) is 2.07. The molecule has 0 atom stereocenters. The van der Waals surface area contributed by atoms with Crippen LogP contribution in [0.1, 0.15) is 15.9 Å². The molecule has 0 aliphatic rings. The normalized spacial score (nSPS) is 11.0. The van der Waals surface area contributed by atoms with Gasteiger partial charge in [-0.15, -0.1) is 0 Å². The lowest BCUT2D eigenvalue weighted by molar-refractivity contribution is 0.102. The molecule has 30 heavy (non-hydrogen) atoms. The van der Waals surface area contributed by atoms with Crippen LogP contribution in [0.4, 0.5) is 5.69 Å². The van der Waals surface area contributed by atoms with Crippen LogP contribution in [-0.2, 0) is 0 Å². The van der Waals surface area contributed by atoms with Gasteiger partial charge in [0.25, 0.3) is 5.91 Å². The van der Waals surface area contributed by atoms with Crippen molar-refractivity contribution in [3.05, 3.63) is 103 Å². The van der Waals surface area contributed by atoms with Crippen LogP contribution in [0.2, 0.25) is 0 Å². The van der Waals surface area contributed by atoms with Gasteiger partial charge in [0.05, 0.1) is 11.1 Å². The van der Waals surface area contributed by atoms with Gasteiger partial charge in [-0.1, -0.05) is 36.4 Å². The highest BCUT2D eigenvalue weighted by atomic mass is 16.1. The fourth-order valence-corrected chi connectivity index (χ4v) is 3.75. The number of hydrogen-bond acceptors (Lipinski definition) is 3. The molecule has 0 saturated heterocycles. The highest BCUT2D eigenvalue weighted by Gasteiger charge is 2.12. The van der Waals surface area contributed by atoms with Gasteiger partial charge in [-0.05, 0) is 65.4 Å². The van der Waals surface area contributed by atoms with Crippen LogP contribution in [-0.4, -0.2) is 15.9 Å². The monoisotopic (exact) mass is 389 g/mol. The Morgan fingerprint density at radius 2 is 1.73 bits per heavy atom.